The zero-order chi connectivity index (χ0) is 26.6. The Labute approximate surface area is 228 Å². The molecule has 5 nitrogen and oxygen atoms in total. The van der Waals surface area contributed by atoms with Crippen LogP contribution in [0.25, 0.3) is 0 Å². The van der Waals surface area contributed by atoms with Crippen molar-refractivity contribution >= 4 is 34.6 Å². The highest BCUT2D eigenvalue weighted by Crippen LogP contribution is 2.56. The number of carbonyl (C=O) groups is 1. The van der Waals surface area contributed by atoms with Gasteiger partial charge in [0.25, 0.3) is 0 Å². The molecule has 6 rings (SSSR count). The standard InChI is InChI=1S/C32H29ClN2O3/c1-5-35(6-2)30-20(4)26(33)17-19(3)29(30)34-21-15-16-25-28(18-21)37-27-14-10-9-13-24(27)32(25)23-12-8-7-11-22(23)31(36)38-32/h7-18,34H,5-6H2,1-4H3. The van der Waals surface area contributed by atoms with Gasteiger partial charge in [0.15, 0.2) is 5.60 Å². The Kier molecular flexibility index (Phi) is 5.84. The van der Waals surface area contributed by atoms with E-state index >= 15 is 0 Å². The predicted molar refractivity (Wildman–Crippen MR) is 152 cm³/mol. The Hall–Kier alpha value is -3.96. The number of fused-ring (bicyclic) bond motifs is 6. The topological polar surface area (TPSA) is 50.8 Å². The van der Waals surface area contributed by atoms with Crippen LogP contribution >= 0.6 is 11.6 Å². The molecule has 6 heteroatoms. The van der Waals surface area contributed by atoms with E-state index in [1.54, 1.807) is 0 Å². The molecule has 0 amide bonds. The summed E-state index contributed by atoms with van der Waals surface area (Å²) < 4.78 is 12.7. The van der Waals surface area contributed by atoms with Gasteiger partial charge in [-0.25, -0.2) is 4.79 Å². The largest absolute Gasteiger partial charge is 0.456 e. The van der Waals surface area contributed by atoms with Crippen molar-refractivity contribution in [2.24, 2.45) is 0 Å². The van der Waals surface area contributed by atoms with Crippen LogP contribution in [0.2, 0.25) is 5.02 Å². The molecule has 1 N–H and O–H groups in total. The molecule has 0 saturated heterocycles. The van der Waals surface area contributed by atoms with Crippen LogP contribution < -0.4 is 15.0 Å². The van der Waals surface area contributed by atoms with Crippen LogP contribution in [0.1, 0.15) is 52.0 Å². The van der Waals surface area contributed by atoms with Crippen molar-refractivity contribution < 1.29 is 14.3 Å². The summed E-state index contributed by atoms with van der Waals surface area (Å²) in [5, 5.41) is 4.40. The van der Waals surface area contributed by atoms with Crippen molar-refractivity contribution in [3.63, 3.8) is 0 Å². The van der Waals surface area contributed by atoms with Gasteiger partial charge in [0.1, 0.15) is 11.5 Å². The van der Waals surface area contributed by atoms with Crippen molar-refractivity contribution in [3.8, 4) is 11.5 Å². The van der Waals surface area contributed by atoms with Gasteiger partial charge >= 0.3 is 5.97 Å². The first-order chi connectivity index (χ1) is 18.4. The van der Waals surface area contributed by atoms with Crippen molar-refractivity contribution in [3.05, 3.63) is 111 Å². The zero-order valence-corrected chi connectivity index (χ0v) is 22.6. The van der Waals surface area contributed by atoms with E-state index in [1.165, 1.54) is 0 Å². The van der Waals surface area contributed by atoms with E-state index in [-0.39, 0.29) is 5.97 Å². The molecule has 1 spiro atoms. The van der Waals surface area contributed by atoms with Crippen LogP contribution in [0, 0.1) is 13.8 Å². The van der Waals surface area contributed by atoms with Gasteiger partial charge in [-0.05, 0) is 69.2 Å². The summed E-state index contributed by atoms with van der Waals surface area (Å²) in [6.45, 7) is 10.1. The second-order valence-electron chi connectivity index (χ2n) is 9.75. The summed E-state index contributed by atoms with van der Waals surface area (Å²) in [4.78, 5) is 15.3. The van der Waals surface area contributed by atoms with E-state index in [1.807, 2.05) is 72.8 Å². The van der Waals surface area contributed by atoms with E-state index in [4.69, 9.17) is 21.1 Å². The highest BCUT2D eigenvalue weighted by molar-refractivity contribution is 6.32. The molecule has 1 unspecified atom stereocenters. The third-order valence-corrected chi connectivity index (χ3v) is 8.05. The van der Waals surface area contributed by atoms with E-state index in [0.717, 1.165) is 63.0 Å². The molecular formula is C32H29ClN2O3. The average Bonchev–Trinajstić information content (AvgIpc) is 3.22. The average molecular weight is 525 g/mol. The van der Waals surface area contributed by atoms with Crippen LogP contribution in [-0.2, 0) is 10.3 Å². The summed E-state index contributed by atoms with van der Waals surface area (Å²) in [5.74, 6) is 0.983. The number of esters is 1. The van der Waals surface area contributed by atoms with Crippen molar-refractivity contribution in [1.82, 2.24) is 0 Å². The number of hydrogen-bond donors (Lipinski definition) is 1. The number of hydrogen-bond acceptors (Lipinski definition) is 5. The number of benzene rings is 4. The van der Waals surface area contributed by atoms with E-state index in [2.05, 4.69) is 37.9 Å². The van der Waals surface area contributed by atoms with Crippen molar-refractivity contribution in [2.45, 2.75) is 33.3 Å². The lowest BCUT2D eigenvalue weighted by Crippen LogP contribution is -2.33. The van der Waals surface area contributed by atoms with Gasteiger partial charge in [-0.15, -0.1) is 0 Å². The smallest absolute Gasteiger partial charge is 0.340 e. The van der Waals surface area contributed by atoms with Crippen LogP contribution in [0.15, 0.2) is 72.8 Å². The van der Waals surface area contributed by atoms with E-state index in [0.29, 0.717) is 17.1 Å². The summed E-state index contributed by atoms with van der Waals surface area (Å²) in [7, 11) is 0. The fourth-order valence-electron chi connectivity index (χ4n) is 5.80. The molecule has 0 bridgehead atoms. The Morgan fingerprint density at radius 2 is 1.55 bits per heavy atom. The predicted octanol–water partition coefficient (Wildman–Crippen LogP) is 8.11. The van der Waals surface area contributed by atoms with Gasteiger partial charge in [0.2, 0.25) is 0 Å². The number of ether oxygens (including phenoxy) is 2. The van der Waals surface area contributed by atoms with Crippen LogP contribution in [0.4, 0.5) is 17.1 Å². The Morgan fingerprint density at radius 1 is 0.868 bits per heavy atom. The maximum atomic E-state index is 13.0. The highest BCUT2D eigenvalue weighted by atomic mass is 35.5. The van der Waals surface area contributed by atoms with Gasteiger partial charge in [-0.1, -0.05) is 48.0 Å². The molecule has 4 aromatic carbocycles. The number of nitrogens with one attached hydrogen (secondary N) is 1. The molecule has 2 aliphatic rings. The number of halogens is 1. The Morgan fingerprint density at radius 3 is 2.32 bits per heavy atom. The maximum absolute atomic E-state index is 13.0. The molecule has 0 aliphatic carbocycles. The van der Waals surface area contributed by atoms with Gasteiger partial charge in [-0.2, -0.15) is 0 Å². The van der Waals surface area contributed by atoms with Gasteiger partial charge in [0.05, 0.1) is 16.9 Å². The molecule has 0 radical (unpaired) electrons. The van der Waals surface area contributed by atoms with Gasteiger partial charge in [-0.3, -0.25) is 0 Å². The van der Waals surface area contributed by atoms with Crippen molar-refractivity contribution in [2.75, 3.05) is 23.3 Å². The molecule has 192 valence electrons. The number of anilines is 3. The molecule has 1 atom stereocenters. The van der Waals surface area contributed by atoms with Crippen LogP contribution in [0.5, 0.6) is 11.5 Å². The molecule has 0 saturated carbocycles. The number of carbonyl (C=O) groups excluding carboxylic acids is 1. The summed E-state index contributed by atoms with van der Waals surface area (Å²) in [5.41, 5.74) is 7.04. The SMILES string of the molecule is CCN(CC)c1c(C)c(Cl)cc(C)c1Nc1ccc2c(c1)Oc1ccccc1C21OC(=O)c2ccccc21. The molecule has 2 aliphatic heterocycles. The molecule has 4 aromatic rings. The second kappa shape index (κ2) is 9.10. The number of aryl methyl sites for hydroxylation is 1. The molecular weight excluding hydrogens is 496 g/mol. The number of nitrogens with zero attached hydrogens (tertiary/aromatic N) is 1. The van der Waals surface area contributed by atoms with Crippen LogP contribution in [0.3, 0.4) is 0 Å². The molecule has 0 aromatic heterocycles. The first-order valence-electron chi connectivity index (χ1n) is 12.9. The summed E-state index contributed by atoms with van der Waals surface area (Å²) in [6.07, 6.45) is 0. The third-order valence-electron chi connectivity index (χ3n) is 7.66. The summed E-state index contributed by atoms with van der Waals surface area (Å²) in [6, 6.07) is 23.3. The lowest BCUT2D eigenvalue weighted by molar-refractivity contribution is 0.0224. The Bertz CT molecular complexity index is 1590. The molecule has 0 fully saturated rings. The number of para-hydroxylation sites is 1. The minimum atomic E-state index is -1.06. The molecule has 2 heterocycles. The second-order valence-corrected chi connectivity index (χ2v) is 10.2. The summed E-state index contributed by atoms with van der Waals surface area (Å²) >= 11 is 6.60. The quantitative estimate of drug-likeness (QED) is 0.267. The maximum Gasteiger partial charge on any atom is 0.340 e. The van der Waals surface area contributed by atoms with Crippen LogP contribution in [-0.4, -0.2) is 19.1 Å². The lowest BCUT2D eigenvalue weighted by atomic mass is 9.77. The Balaban J connectivity index is 1.50. The lowest BCUT2D eigenvalue weighted by Gasteiger charge is -2.36. The molecule has 38 heavy (non-hydrogen) atoms. The van der Waals surface area contributed by atoms with Gasteiger partial charge in [0, 0.05) is 46.6 Å². The van der Waals surface area contributed by atoms with E-state index in [9.17, 15) is 4.79 Å². The fraction of sp³-hybridized carbons (Fsp3) is 0.219. The van der Waals surface area contributed by atoms with Crippen molar-refractivity contribution in [1.29, 1.82) is 0 Å². The fourth-order valence-corrected chi connectivity index (χ4v) is 6.05. The zero-order valence-electron chi connectivity index (χ0n) is 21.9. The third kappa shape index (κ3) is 3.49. The monoisotopic (exact) mass is 524 g/mol. The number of rotatable bonds is 5. The minimum absolute atomic E-state index is 0.332. The normalized spacial score (nSPS) is 16.8. The minimum Gasteiger partial charge on any atom is -0.456 e. The van der Waals surface area contributed by atoms with E-state index < -0.39 is 5.60 Å². The first-order valence-corrected chi connectivity index (χ1v) is 13.3. The first kappa shape index (κ1) is 24.4. The highest BCUT2D eigenvalue weighted by Gasteiger charge is 2.53. The van der Waals surface area contributed by atoms with Gasteiger partial charge < -0.3 is 19.7 Å².